The van der Waals surface area contributed by atoms with Crippen LogP contribution in [0.5, 0.6) is 0 Å². The maximum atomic E-state index is 10.2. The smallest absolute Gasteiger partial charge is 0.211 e. The van der Waals surface area contributed by atoms with E-state index in [1.807, 2.05) is 0 Å². The molecule has 208 valence electrons. The Hall–Kier alpha value is -2.48. The van der Waals surface area contributed by atoms with Crippen LogP contribution in [0.4, 0.5) is 0 Å². The summed E-state index contributed by atoms with van der Waals surface area (Å²) in [6.07, 6.45) is 27.3. The van der Waals surface area contributed by atoms with Gasteiger partial charge in [0.2, 0.25) is 24.3 Å². The van der Waals surface area contributed by atoms with E-state index in [9.17, 15) is 19.2 Å². The SMILES string of the molecule is O=C=NC1CCC(CC2CCC(N=C=O)CC2)CC1.O=C=NC1CCC(CC2CCC(N=C=O)CC2)CC1. The third-order valence-corrected chi connectivity index (χ3v) is 9.54. The number of hydrogen-bond acceptors (Lipinski definition) is 8. The fourth-order valence-electron chi connectivity index (χ4n) is 7.28. The van der Waals surface area contributed by atoms with Crippen LogP contribution in [-0.2, 0) is 19.2 Å². The first-order valence-electron chi connectivity index (χ1n) is 14.9. The van der Waals surface area contributed by atoms with E-state index in [2.05, 4.69) is 20.0 Å². The second-order valence-electron chi connectivity index (χ2n) is 12.1. The van der Waals surface area contributed by atoms with Gasteiger partial charge in [0.15, 0.2) is 0 Å². The second kappa shape index (κ2) is 17.2. The molecule has 4 fully saturated rings. The van der Waals surface area contributed by atoms with Gasteiger partial charge in [-0.25, -0.2) is 39.1 Å². The lowest BCUT2D eigenvalue weighted by Crippen LogP contribution is -2.23. The largest absolute Gasteiger partial charge is 0.235 e. The van der Waals surface area contributed by atoms with Crippen molar-refractivity contribution in [1.82, 2.24) is 0 Å². The number of nitrogens with zero attached hydrogens (tertiary/aromatic N) is 4. The molecule has 0 aromatic heterocycles. The van der Waals surface area contributed by atoms with E-state index in [4.69, 9.17) is 0 Å². The number of hydrogen-bond donors (Lipinski definition) is 0. The second-order valence-corrected chi connectivity index (χ2v) is 12.1. The lowest BCUT2D eigenvalue weighted by Gasteiger charge is -2.31. The standard InChI is InChI=1S/2C15H22N2O2/c2*18-10-16-14-5-1-12(2-6-14)9-13-3-7-15(8-4-13)17-11-19/h2*12-15H,1-9H2. The summed E-state index contributed by atoms with van der Waals surface area (Å²) in [5, 5.41) is 0. The average Bonchev–Trinajstić information content (AvgIpc) is 2.94. The zero-order valence-electron chi connectivity index (χ0n) is 22.8. The van der Waals surface area contributed by atoms with Crippen LogP contribution in [0, 0.1) is 23.7 Å². The Morgan fingerprint density at radius 2 is 0.526 bits per heavy atom. The predicted octanol–water partition coefficient (Wildman–Crippen LogP) is 6.33. The van der Waals surface area contributed by atoms with Gasteiger partial charge in [0.25, 0.3) is 0 Å². The first-order valence-corrected chi connectivity index (χ1v) is 14.9. The van der Waals surface area contributed by atoms with Crippen LogP contribution in [0.3, 0.4) is 0 Å². The van der Waals surface area contributed by atoms with E-state index in [1.54, 1.807) is 24.3 Å². The van der Waals surface area contributed by atoms with Crippen molar-refractivity contribution in [3.8, 4) is 0 Å². The van der Waals surface area contributed by atoms with Gasteiger partial charge in [0.1, 0.15) is 0 Å². The van der Waals surface area contributed by atoms with E-state index in [-0.39, 0.29) is 24.2 Å². The fraction of sp³-hybridized carbons (Fsp3) is 0.867. The molecule has 8 nitrogen and oxygen atoms in total. The minimum atomic E-state index is 0.228. The van der Waals surface area contributed by atoms with Crippen LogP contribution in [0.2, 0.25) is 0 Å². The minimum absolute atomic E-state index is 0.228. The minimum Gasteiger partial charge on any atom is -0.211 e. The molecule has 0 unspecified atom stereocenters. The summed E-state index contributed by atoms with van der Waals surface area (Å²) in [4.78, 5) is 56.3. The van der Waals surface area contributed by atoms with Gasteiger partial charge in [0.05, 0.1) is 24.2 Å². The summed E-state index contributed by atoms with van der Waals surface area (Å²) < 4.78 is 0. The van der Waals surface area contributed by atoms with Crippen molar-refractivity contribution in [1.29, 1.82) is 0 Å². The molecule has 0 aromatic carbocycles. The molecular formula is C30H44N4O4. The molecule has 0 spiro atoms. The molecule has 4 aliphatic carbocycles. The lowest BCUT2D eigenvalue weighted by atomic mass is 9.76. The van der Waals surface area contributed by atoms with Crippen molar-refractivity contribution in [3.63, 3.8) is 0 Å². The molecule has 0 amide bonds. The summed E-state index contributed by atoms with van der Waals surface area (Å²) in [6.45, 7) is 0. The van der Waals surface area contributed by atoms with E-state index in [0.29, 0.717) is 0 Å². The van der Waals surface area contributed by atoms with Crippen molar-refractivity contribution in [2.45, 2.75) is 140 Å². The van der Waals surface area contributed by atoms with E-state index in [1.165, 1.54) is 64.2 Å². The Morgan fingerprint density at radius 1 is 0.342 bits per heavy atom. The summed E-state index contributed by atoms with van der Waals surface area (Å²) in [5.41, 5.74) is 0. The van der Waals surface area contributed by atoms with Gasteiger partial charge in [-0.15, -0.1) is 0 Å². The normalized spacial score (nSPS) is 34.9. The molecule has 38 heavy (non-hydrogen) atoms. The summed E-state index contributed by atoms with van der Waals surface area (Å²) in [5.74, 6) is 3.20. The molecule has 4 aliphatic rings. The number of rotatable bonds is 8. The molecule has 0 heterocycles. The lowest BCUT2D eigenvalue weighted by molar-refractivity contribution is 0.226. The van der Waals surface area contributed by atoms with Crippen molar-refractivity contribution in [2.75, 3.05) is 0 Å². The van der Waals surface area contributed by atoms with Crippen LogP contribution >= 0.6 is 0 Å². The summed E-state index contributed by atoms with van der Waals surface area (Å²) in [7, 11) is 0. The van der Waals surface area contributed by atoms with Crippen LogP contribution in [0.15, 0.2) is 20.0 Å². The van der Waals surface area contributed by atoms with Crippen LogP contribution in [-0.4, -0.2) is 48.5 Å². The molecule has 0 saturated heterocycles. The predicted molar refractivity (Wildman–Crippen MR) is 145 cm³/mol. The van der Waals surface area contributed by atoms with Crippen molar-refractivity contribution < 1.29 is 19.2 Å². The maximum Gasteiger partial charge on any atom is 0.235 e. The fourth-order valence-corrected chi connectivity index (χ4v) is 7.28. The Kier molecular flexibility index (Phi) is 13.6. The first kappa shape index (κ1) is 30.1. The Labute approximate surface area is 227 Å². The molecule has 0 aliphatic heterocycles. The van der Waals surface area contributed by atoms with Gasteiger partial charge in [-0.1, -0.05) is 0 Å². The van der Waals surface area contributed by atoms with Gasteiger partial charge in [-0.2, -0.15) is 0 Å². The molecule has 0 aromatic rings. The maximum absolute atomic E-state index is 10.2. The average molecular weight is 525 g/mol. The highest BCUT2D eigenvalue weighted by atomic mass is 16.1. The topological polar surface area (TPSA) is 118 Å². The monoisotopic (exact) mass is 524 g/mol. The molecular weight excluding hydrogens is 480 g/mol. The molecule has 4 saturated carbocycles. The highest BCUT2D eigenvalue weighted by Crippen LogP contribution is 2.37. The van der Waals surface area contributed by atoms with Crippen LogP contribution in [0.1, 0.15) is 116 Å². The zero-order valence-corrected chi connectivity index (χ0v) is 22.8. The Morgan fingerprint density at radius 3 is 0.684 bits per heavy atom. The third kappa shape index (κ3) is 10.7. The molecule has 0 radical (unpaired) electrons. The van der Waals surface area contributed by atoms with Gasteiger partial charge < -0.3 is 0 Å². The quantitative estimate of drug-likeness (QED) is 0.272. The molecule has 0 bridgehead atoms. The van der Waals surface area contributed by atoms with E-state index < -0.39 is 0 Å². The third-order valence-electron chi connectivity index (χ3n) is 9.54. The molecule has 0 N–H and O–H groups in total. The number of carbonyl (C=O) groups excluding carboxylic acids is 4. The van der Waals surface area contributed by atoms with E-state index in [0.717, 1.165) is 75.0 Å². The van der Waals surface area contributed by atoms with Gasteiger partial charge >= 0.3 is 0 Å². The number of aliphatic imine (C=N–C) groups is 4. The molecule has 4 rings (SSSR count). The van der Waals surface area contributed by atoms with Crippen molar-refractivity contribution in [2.24, 2.45) is 43.6 Å². The Balaban J connectivity index is 0.000000211. The molecule has 0 atom stereocenters. The number of isocyanates is 4. The van der Waals surface area contributed by atoms with Gasteiger partial charge in [0, 0.05) is 0 Å². The van der Waals surface area contributed by atoms with Crippen molar-refractivity contribution >= 4 is 24.3 Å². The summed E-state index contributed by atoms with van der Waals surface area (Å²) in [6, 6.07) is 0.913. The summed E-state index contributed by atoms with van der Waals surface area (Å²) >= 11 is 0. The zero-order chi connectivity index (χ0) is 27.0. The highest BCUT2D eigenvalue weighted by Gasteiger charge is 2.28. The van der Waals surface area contributed by atoms with Crippen LogP contribution in [0.25, 0.3) is 0 Å². The van der Waals surface area contributed by atoms with E-state index >= 15 is 0 Å². The molecule has 8 heteroatoms. The highest BCUT2D eigenvalue weighted by molar-refractivity contribution is 5.34. The first-order chi connectivity index (χ1) is 18.6. The van der Waals surface area contributed by atoms with Gasteiger partial charge in [-0.05, 0) is 139 Å². The van der Waals surface area contributed by atoms with Crippen LogP contribution < -0.4 is 0 Å². The van der Waals surface area contributed by atoms with Crippen molar-refractivity contribution in [3.05, 3.63) is 0 Å². The Bertz CT molecular complexity index is 737. The van der Waals surface area contributed by atoms with Gasteiger partial charge in [-0.3, -0.25) is 0 Å².